The molecule has 0 atom stereocenters. The fourth-order valence-corrected chi connectivity index (χ4v) is 2.21. The zero-order valence-electron chi connectivity index (χ0n) is 11.8. The van der Waals surface area contributed by atoms with Gasteiger partial charge < -0.3 is 19.9 Å². The fraction of sp³-hybridized carbons (Fsp3) is 0.600. The Morgan fingerprint density at radius 3 is 3.00 bits per heavy atom. The van der Waals surface area contributed by atoms with Crippen LogP contribution in [0.2, 0.25) is 0 Å². The Labute approximate surface area is 114 Å². The van der Waals surface area contributed by atoms with Gasteiger partial charge in [-0.25, -0.2) is 0 Å². The molecule has 19 heavy (non-hydrogen) atoms. The normalized spacial score (nSPS) is 14.3. The standard InChI is InChI=1S/C15H23NO3/c1-11(2)4-3-5-17-8-12-6-14(16)7-13-9-18-10-19-15(12)13/h6-7,11H,3-5,8-10,16H2,1-2H3. The number of fused-ring (bicyclic) bond motifs is 1. The van der Waals surface area contributed by atoms with Crippen LogP contribution in [-0.4, -0.2) is 13.4 Å². The van der Waals surface area contributed by atoms with Gasteiger partial charge in [0.2, 0.25) is 0 Å². The van der Waals surface area contributed by atoms with E-state index in [4.69, 9.17) is 19.9 Å². The number of benzene rings is 1. The van der Waals surface area contributed by atoms with Crippen LogP contribution < -0.4 is 10.5 Å². The van der Waals surface area contributed by atoms with Crippen molar-refractivity contribution in [1.29, 1.82) is 0 Å². The third kappa shape index (κ3) is 4.11. The summed E-state index contributed by atoms with van der Waals surface area (Å²) in [5.41, 5.74) is 8.64. The Morgan fingerprint density at radius 1 is 1.37 bits per heavy atom. The van der Waals surface area contributed by atoms with Gasteiger partial charge in [-0.3, -0.25) is 0 Å². The lowest BCUT2D eigenvalue weighted by atomic mass is 10.1. The molecule has 1 aromatic rings. The van der Waals surface area contributed by atoms with Gasteiger partial charge in [0.05, 0.1) is 13.2 Å². The van der Waals surface area contributed by atoms with Crippen molar-refractivity contribution in [3.63, 3.8) is 0 Å². The lowest BCUT2D eigenvalue weighted by Gasteiger charge is -2.21. The first-order valence-corrected chi connectivity index (χ1v) is 6.86. The summed E-state index contributed by atoms with van der Waals surface area (Å²) in [5, 5.41) is 0. The zero-order chi connectivity index (χ0) is 13.7. The van der Waals surface area contributed by atoms with Crippen molar-refractivity contribution in [2.45, 2.75) is 39.9 Å². The Balaban J connectivity index is 1.90. The highest BCUT2D eigenvalue weighted by Gasteiger charge is 2.16. The molecule has 0 spiro atoms. The maximum Gasteiger partial charge on any atom is 0.189 e. The summed E-state index contributed by atoms with van der Waals surface area (Å²) in [6.07, 6.45) is 2.28. The van der Waals surface area contributed by atoms with E-state index in [1.54, 1.807) is 0 Å². The van der Waals surface area contributed by atoms with E-state index in [0.29, 0.717) is 20.0 Å². The van der Waals surface area contributed by atoms with Crippen molar-refractivity contribution in [2.24, 2.45) is 5.92 Å². The maximum absolute atomic E-state index is 5.89. The molecule has 1 heterocycles. The Hall–Kier alpha value is -1.26. The van der Waals surface area contributed by atoms with E-state index in [1.807, 2.05) is 12.1 Å². The van der Waals surface area contributed by atoms with Gasteiger partial charge in [0.15, 0.2) is 6.79 Å². The summed E-state index contributed by atoms with van der Waals surface area (Å²) in [6, 6.07) is 3.82. The molecule has 0 unspecified atom stereocenters. The number of hydrogen-bond acceptors (Lipinski definition) is 4. The van der Waals surface area contributed by atoms with Gasteiger partial charge in [-0.05, 0) is 30.9 Å². The Morgan fingerprint density at radius 2 is 2.21 bits per heavy atom. The van der Waals surface area contributed by atoms with Crippen LogP contribution >= 0.6 is 0 Å². The molecule has 1 aliphatic rings. The monoisotopic (exact) mass is 265 g/mol. The summed E-state index contributed by atoms with van der Waals surface area (Å²) < 4.78 is 16.5. The molecule has 4 heteroatoms. The highest BCUT2D eigenvalue weighted by Crippen LogP contribution is 2.31. The van der Waals surface area contributed by atoms with Gasteiger partial charge in [-0.15, -0.1) is 0 Å². The largest absolute Gasteiger partial charge is 0.467 e. The number of nitrogen functional groups attached to an aromatic ring is 1. The summed E-state index contributed by atoms with van der Waals surface area (Å²) in [5.74, 6) is 1.61. The van der Waals surface area contributed by atoms with Gasteiger partial charge in [0.1, 0.15) is 5.75 Å². The molecule has 0 saturated carbocycles. The van der Waals surface area contributed by atoms with Crippen molar-refractivity contribution in [2.75, 3.05) is 19.1 Å². The molecule has 0 fully saturated rings. The minimum absolute atomic E-state index is 0.303. The molecule has 4 nitrogen and oxygen atoms in total. The number of ether oxygens (including phenoxy) is 3. The van der Waals surface area contributed by atoms with Gasteiger partial charge in [-0.1, -0.05) is 13.8 Å². The quantitative estimate of drug-likeness (QED) is 0.634. The average molecular weight is 265 g/mol. The minimum Gasteiger partial charge on any atom is -0.467 e. The van der Waals surface area contributed by atoms with Gasteiger partial charge in [0.25, 0.3) is 0 Å². The first-order valence-electron chi connectivity index (χ1n) is 6.86. The van der Waals surface area contributed by atoms with Gasteiger partial charge >= 0.3 is 0 Å². The van der Waals surface area contributed by atoms with Crippen LogP contribution in [0, 0.1) is 5.92 Å². The number of rotatable bonds is 6. The van der Waals surface area contributed by atoms with Crippen LogP contribution in [0.25, 0.3) is 0 Å². The second-order valence-electron chi connectivity index (χ2n) is 5.37. The lowest BCUT2D eigenvalue weighted by Crippen LogP contribution is -2.14. The number of nitrogens with two attached hydrogens (primary N) is 1. The molecular weight excluding hydrogens is 242 g/mol. The zero-order valence-corrected chi connectivity index (χ0v) is 11.8. The predicted octanol–water partition coefficient (Wildman–Crippen LogP) is 3.09. The summed E-state index contributed by atoms with van der Waals surface area (Å²) >= 11 is 0. The molecule has 0 aromatic heterocycles. The molecule has 0 bridgehead atoms. The van der Waals surface area contributed by atoms with Crippen LogP contribution in [0.4, 0.5) is 5.69 Å². The third-order valence-corrected chi connectivity index (χ3v) is 3.14. The molecule has 0 amide bonds. The van der Waals surface area contributed by atoms with Crippen LogP contribution in [0.3, 0.4) is 0 Å². The Kier molecular flexibility index (Phi) is 5.05. The molecule has 1 aliphatic heterocycles. The molecule has 2 N–H and O–H groups in total. The minimum atomic E-state index is 0.303. The summed E-state index contributed by atoms with van der Waals surface area (Å²) in [6.45, 7) is 6.63. The van der Waals surface area contributed by atoms with Crippen LogP contribution in [-0.2, 0) is 22.7 Å². The van der Waals surface area contributed by atoms with E-state index < -0.39 is 0 Å². The summed E-state index contributed by atoms with van der Waals surface area (Å²) in [4.78, 5) is 0. The van der Waals surface area contributed by atoms with Crippen LogP contribution in [0.5, 0.6) is 5.75 Å². The van der Waals surface area contributed by atoms with Crippen LogP contribution in [0.1, 0.15) is 37.8 Å². The second kappa shape index (κ2) is 6.78. The Bertz CT molecular complexity index is 418. The van der Waals surface area contributed by atoms with Crippen molar-refractivity contribution in [3.8, 4) is 5.75 Å². The first-order chi connectivity index (χ1) is 9.16. The third-order valence-electron chi connectivity index (χ3n) is 3.14. The van der Waals surface area contributed by atoms with Crippen molar-refractivity contribution >= 4 is 5.69 Å². The maximum atomic E-state index is 5.89. The first kappa shape index (κ1) is 14.2. The van der Waals surface area contributed by atoms with Crippen molar-refractivity contribution in [1.82, 2.24) is 0 Å². The SMILES string of the molecule is CC(C)CCCOCc1cc(N)cc2c1OCOC2. The van der Waals surface area contributed by atoms with E-state index in [1.165, 1.54) is 6.42 Å². The molecule has 2 rings (SSSR count). The molecule has 0 radical (unpaired) electrons. The van der Waals surface area contributed by atoms with E-state index >= 15 is 0 Å². The second-order valence-corrected chi connectivity index (χ2v) is 5.37. The van der Waals surface area contributed by atoms with E-state index in [2.05, 4.69) is 13.8 Å². The van der Waals surface area contributed by atoms with Crippen LogP contribution in [0.15, 0.2) is 12.1 Å². The average Bonchev–Trinajstić information content (AvgIpc) is 2.37. The fourth-order valence-electron chi connectivity index (χ4n) is 2.21. The molecular formula is C15H23NO3. The van der Waals surface area contributed by atoms with Gasteiger partial charge in [-0.2, -0.15) is 0 Å². The smallest absolute Gasteiger partial charge is 0.189 e. The molecule has 0 saturated heterocycles. The molecule has 1 aromatic carbocycles. The van der Waals surface area contributed by atoms with Gasteiger partial charge in [0, 0.05) is 23.4 Å². The van der Waals surface area contributed by atoms with E-state index in [9.17, 15) is 0 Å². The van der Waals surface area contributed by atoms with E-state index in [0.717, 1.165) is 41.5 Å². The number of hydrogen-bond donors (Lipinski definition) is 1. The lowest BCUT2D eigenvalue weighted by molar-refractivity contribution is -0.0184. The molecule has 0 aliphatic carbocycles. The van der Waals surface area contributed by atoms with E-state index in [-0.39, 0.29) is 0 Å². The topological polar surface area (TPSA) is 53.7 Å². The summed E-state index contributed by atoms with van der Waals surface area (Å²) in [7, 11) is 0. The highest BCUT2D eigenvalue weighted by molar-refractivity contribution is 5.53. The van der Waals surface area contributed by atoms with Crippen molar-refractivity contribution < 1.29 is 14.2 Å². The molecule has 106 valence electrons. The van der Waals surface area contributed by atoms with Crippen molar-refractivity contribution in [3.05, 3.63) is 23.3 Å². The highest BCUT2D eigenvalue weighted by atomic mass is 16.7. The number of anilines is 1. The predicted molar refractivity (Wildman–Crippen MR) is 74.9 cm³/mol.